The number of morpholine rings is 1. The van der Waals surface area contributed by atoms with Crippen LogP contribution in [-0.2, 0) is 21.2 Å². The molecule has 1 aliphatic carbocycles. The van der Waals surface area contributed by atoms with Gasteiger partial charge in [-0.2, -0.15) is 4.31 Å². The van der Waals surface area contributed by atoms with Crippen LogP contribution in [-0.4, -0.2) is 66.1 Å². The van der Waals surface area contributed by atoms with Crippen molar-refractivity contribution in [2.75, 3.05) is 31.6 Å². The van der Waals surface area contributed by atoms with E-state index in [4.69, 9.17) is 10.5 Å². The van der Waals surface area contributed by atoms with Crippen LogP contribution in [0.5, 0.6) is 0 Å². The number of sulfonamides is 1. The van der Waals surface area contributed by atoms with Gasteiger partial charge < -0.3 is 20.8 Å². The number of ether oxygens (including phenoxy) is 1. The van der Waals surface area contributed by atoms with E-state index in [1.165, 1.54) is 10.5 Å². The number of nitrogens with two attached hydrogens (primary N) is 1. The zero-order valence-electron chi connectivity index (χ0n) is 20.2. The molecule has 9 nitrogen and oxygen atoms in total. The Morgan fingerprint density at radius 1 is 1.14 bits per heavy atom. The van der Waals surface area contributed by atoms with Crippen LogP contribution in [0.3, 0.4) is 0 Å². The van der Waals surface area contributed by atoms with Crippen molar-refractivity contribution in [2.24, 2.45) is 5.73 Å². The summed E-state index contributed by atoms with van der Waals surface area (Å²) in [4.78, 5) is 12.9. The van der Waals surface area contributed by atoms with Crippen molar-refractivity contribution in [3.05, 3.63) is 36.3 Å². The normalized spacial score (nSPS) is 21.9. The van der Waals surface area contributed by atoms with Crippen LogP contribution >= 0.6 is 0 Å². The Bertz CT molecular complexity index is 1260. The van der Waals surface area contributed by atoms with Crippen LogP contribution < -0.4 is 11.1 Å². The monoisotopic (exact) mass is 498 g/mol. The van der Waals surface area contributed by atoms with Gasteiger partial charge in [0, 0.05) is 54.2 Å². The summed E-state index contributed by atoms with van der Waals surface area (Å²) in [6, 6.07) is 6.18. The van der Waals surface area contributed by atoms with Crippen LogP contribution in [0, 0.1) is 0 Å². The average molecular weight is 499 g/mol. The van der Waals surface area contributed by atoms with Gasteiger partial charge in [0.05, 0.1) is 24.6 Å². The summed E-state index contributed by atoms with van der Waals surface area (Å²) in [7, 11) is -3.59. The molecule has 0 unspecified atom stereocenters. The fourth-order valence-electron chi connectivity index (χ4n) is 4.98. The number of nitrogens with zero attached hydrogens (tertiary/aromatic N) is 3. The number of anilines is 1. The lowest BCUT2D eigenvalue weighted by molar-refractivity contribution is 0.0730. The Hall–Kier alpha value is -2.53. The lowest BCUT2D eigenvalue weighted by Gasteiger charge is -2.28. The summed E-state index contributed by atoms with van der Waals surface area (Å²) in [6.45, 7) is 3.70. The van der Waals surface area contributed by atoms with Gasteiger partial charge >= 0.3 is 0 Å². The SMILES string of the molecule is CCCc1cc2c(NC3CCC(N)CC3)c(-c3ccc(S(=O)(=O)N4CCOCC4)cn3)cnc2[nH]1. The van der Waals surface area contributed by atoms with Gasteiger partial charge in [-0.25, -0.2) is 13.4 Å². The molecule has 4 N–H and O–H groups in total. The lowest BCUT2D eigenvalue weighted by Crippen LogP contribution is -2.40. The van der Waals surface area contributed by atoms with Crippen molar-refractivity contribution in [1.29, 1.82) is 0 Å². The van der Waals surface area contributed by atoms with E-state index in [0.29, 0.717) is 38.0 Å². The van der Waals surface area contributed by atoms with E-state index >= 15 is 0 Å². The quantitative estimate of drug-likeness (QED) is 0.456. The van der Waals surface area contributed by atoms with Crippen molar-refractivity contribution < 1.29 is 13.2 Å². The number of aryl methyl sites for hydroxylation is 1. The van der Waals surface area contributed by atoms with Crippen LogP contribution in [0.1, 0.15) is 44.7 Å². The standard InChI is InChI=1S/C25H34N6O3S/c1-2-3-19-14-21-24(29-18-6-4-17(26)5-7-18)22(16-28-25(21)30-19)23-9-8-20(15-27-23)35(32,33)31-10-12-34-13-11-31/h8-9,14-18H,2-7,10-13,26H2,1H3,(H2,28,29,30). The maximum absolute atomic E-state index is 13.0. The summed E-state index contributed by atoms with van der Waals surface area (Å²) >= 11 is 0. The molecule has 0 amide bonds. The molecule has 10 heteroatoms. The highest BCUT2D eigenvalue weighted by atomic mass is 32.2. The first-order valence-corrected chi connectivity index (χ1v) is 14.0. The van der Waals surface area contributed by atoms with Crippen LogP contribution in [0.15, 0.2) is 35.5 Å². The first-order chi connectivity index (χ1) is 17.0. The number of nitrogens with one attached hydrogen (secondary N) is 2. The number of hydrogen-bond donors (Lipinski definition) is 3. The molecule has 0 radical (unpaired) electrons. The topological polar surface area (TPSA) is 126 Å². The predicted octanol–water partition coefficient (Wildman–Crippen LogP) is 3.28. The second-order valence-electron chi connectivity index (χ2n) is 9.51. The van der Waals surface area contributed by atoms with E-state index in [1.807, 2.05) is 6.20 Å². The summed E-state index contributed by atoms with van der Waals surface area (Å²) < 4.78 is 32.8. The van der Waals surface area contributed by atoms with Gasteiger partial charge in [0.15, 0.2) is 0 Å². The molecule has 3 aromatic rings. The van der Waals surface area contributed by atoms with Crippen LogP contribution in [0.2, 0.25) is 0 Å². The molecule has 1 saturated heterocycles. The van der Waals surface area contributed by atoms with E-state index in [0.717, 1.165) is 66.5 Å². The van der Waals surface area contributed by atoms with Crippen molar-refractivity contribution in [3.8, 4) is 11.3 Å². The highest BCUT2D eigenvalue weighted by Crippen LogP contribution is 2.36. The van der Waals surface area contributed by atoms with Gasteiger partial charge in [-0.3, -0.25) is 4.98 Å². The number of pyridine rings is 2. The molecule has 0 bridgehead atoms. The average Bonchev–Trinajstić information content (AvgIpc) is 3.29. The van der Waals surface area contributed by atoms with Crippen molar-refractivity contribution >= 4 is 26.7 Å². The molecule has 0 atom stereocenters. The van der Waals surface area contributed by atoms with E-state index in [9.17, 15) is 8.42 Å². The molecule has 4 heterocycles. The van der Waals surface area contributed by atoms with Crippen molar-refractivity contribution in [3.63, 3.8) is 0 Å². The second-order valence-corrected chi connectivity index (χ2v) is 11.4. The Morgan fingerprint density at radius 2 is 1.91 bits per heavy atom. The molecule has 2 fully saturated rings. The van der Waals surface area contributed by atoms with Gasteiger partial charge in [-0.15, -0.1) is 0 Å². The summed E-state index contributed by atoms with van der Waals surface area (Å²) in [6.07, 6.45) is 9.31. The van der Waals surface area contributed by atoms with Crippen molar-refractivity contribution in [1.82, 2.24) is 19.3 Å². The second kappa shape index (κ2) is 10.2. The Labute approximate surface area is 206 Å². The molecule has 0 spiro atoms. The van der Waals surface area contributed by atoms with E-state index in [2.05, 4.69) is 33.3 Å². The Kier molecular flexibility index (Phi) is 7.06. The highest BCUT2D eigenvalue weighted by molar-refractivity contribution is 7.89. The maximum atomic E-state index is 13.0. The summed E-state index contributed by atoms with van der Waals surface area (Å²) in [5, 5.41) is 4.80. The van der Waals surface area contributed by atoms with Gasteiger partial charge in [-0.05, 0) is 50.3 Å². The minimum absolute atomic E-state index is 0.194. The number of H-pyrrole nitrogens is 1. The van der Waals surface area contributed by atoms with E-state index in [1.54, 1.807) is 12.1 Å². The van der Waals surface area contributed by atoms with E-state index < -0.39 is 10.0 Å². The number of aromatic nitrogens is 3. The number of aromatic amines is 1. The summed E-state index contributed by atoms with van der Waals surface area (Å²) in [5.74, 6) is 0. The number of rotatable bonds is 7. The van der Waals surface area contributed by atoms with Gasteiger partial charge in [-0.1, -0.05) is 13.3 Å². The molecular formula is C25H34N6O3S. The van der Waals surface area contributed by atoms with Crippen LogP contribution in [0.4, 0.5) is 5.69 Å². The molecule has 2 aliphatic rings. The molecule has 188 valence electrons. The number of fused-ring (bicyclic) bond motifs is 1. The zero-order valence-corrected chi connectivity index (χ0v) is 21.0. The minimum atomic E-state index is -3.59. The Balaban J connectivity index is 1.50. The molecule has 3 aromatic heterocycles. The molecular weight excluding hydrogens is 464 g/mol. The summed E-state index contributed by atoms with van der Waals surface area (Å²) in [5.41, 5.74) is 10.7. The van der Waals surface area contributed by atoms with Gasteiger partial charge in [0.1, 0.15) is 10.5 Å². The third-order valence-electron chi connectivity index (χ3n) is 6.97. The lowest BCUT2D eigenvalue weighted by atomic mass is 9.91. The molecule has 35 heavy (non-hydrogen) atoms. The Morgan fingerprint density at radius 3 is 2.60 bits per heavy atom. The smallest absolute Gasteiger partial charge is 0.244 e. The minimum Gasteiger partial charge on any atom is -0.381 e. The largest absolute Gasteiger partial charge is 0.381 e. The van der Waals surface area contributed by atoms with Crippen molar-refractivity contribution in [2.45, 2.75) is 62.4 Å². The van der Waals surface area contributed by atoms with Gasteiger partial charge in [0.25, 0.3) is 0 Å². The van der Waals surface area contributed by atoms with Gasteiger partial charge in [0.2, 0.25) is 10.0 Å². The third-order valence-corrected chi connectivity index (χ3v) is 8.86. The zero-order chi connectivity index (χ0) is 24.4. The van der Waals surface area contributed by atoms with Crippen LogP contribution in [0.25, 0.3) is 22.3 Å². The molecule has 1 saturated carbocycles. The fraction of sp³-hybridized carbons (Fsp3) is 0.520. The van der Waals surface area contributed by atoms with E-state index in [-0.39, 0.29) is 10.9 Å². The maximum Gasteiger partial charge on any atom is 0.244 e. The first kappa shape index (κ1) is 24.2. The number of hydrogen-bond acceptors (Lipinski definition) is 7. The molecule has 0 aromatic carbocycles. The third kappa shape index (κ3) is 5.06. The molecule has 5 rings (SSSR count). The predicted molar refractivity (Wildman–Crippen MR) is 137 cm³/mol. The molecule has 1 aliphatic heterocycles. The first-order valence-electron chi connectivity index (χ1n) is 12.5. The fourth-order valence-corrected chi connectivity index (χ4v) is 6.33. The highest BCUT2D eigenvalue weighted by Gasteiger charge is 2.27.